The third-order valence-electron chi connectivity index (χ3n) is 5.11. The van der Waals surface area contributed by atoms with Crippen LogP contribution < -0.4 is 0 Å². The summed E-state index contributed by atoms with van der Waals surface area (Å²) in [6.45, 7) is 6.87. The fourth-order valence-electron chi connectivity index (χ4n) is 4.12. The number of rotatable bonds is 4. The normalized spacial score (nSPS) is 25.9. The second kappa shape index (κ2) is 5.80. The number of nitrogens with zero attached hydrogens (tertiary/aromatic N) is 4. The van der Waals surface area contributed by atoms with Gasteiger partial charge in [0.25, 0.3) is 0 Å². The smallest absolute Gasteiger partial charge is 0.0534 e. The van der Waals surface area contributed by atoms with E-state index in [-0.39, 0.29) is 0 Å². The van der Waals surface area contributed by atoms with Crippen LogP contribution in [0, 0.1) is 6.92 Å². The van der Waals surface area contributed by atoms with Gasteiger partial charge < -0.3 is 0 Å². The van der Waals surface area contributed by atoms with Crippen molar-refractivity contribution in [1.82, 2.24) is 19.6 Å². The van der Waals surface area contributed by atoms with Crippen LogP contribution in [0.4, 0.5) is 0 Å². The van der Waals surface area contributed by atoms with Gasteiger partial charge in [0.2, 0.25) is 0 Å². The Morgan fingerprint density at radius 1 is 1.14 bits per heavy atom. The topological polar surface area (TPSA) is 24.3 Å². The molecule has 4 nitrogen and oxygen atoms in total. The number of thiophene rings is 1. The largest absolute Gasteiger partial charge is 0.294 e. The van der Waals surface area contributed by atoms with Crippen LogP contribution in [-0.4, -0.2) is 44.8 Å². The molecule has 22 heavy (non-hydrogen) atoms. The molecule has 0 aliphatic carbocycles. The van der Waals surface area contributed by atoms with E-state index in [9.17, 15) is 0 Å². The molecule has 0 radical (unpaired) electrons. The lowest BCUT2D eigenvalue weighted by Gasteiger charge is -2.25. The SMILES string of the molecule is Cc1ccc(CN2CC[C@H]3[C@H]2CCN3Cc2cnn(C)c2)s1. The number of aryl methyl sites for hydroxylation is 2. The maximum Gasteiger partial charge on any atom is 0.0534 e. The average Bonchev–Trinajstić information content (AvgIpc) is 3.22. The highest BCUT2D eigenvalue weighted by molar-refractivity contribution is 7.11. The van der Waals surface area contributed by atoms with Gasteiger partial charge in [0.1, 0.15) is 0 Å². The molecule has 0 amide bonds. The van der Waals surface area contributed by atoms with Gasteiger partial charge in [0, 0.05) is 66.8 Å². The van der Waals surface area contributed by atoms with Gasteiger partial charge in [-0.25, -0.2) is 0 Å². The fourth-order valence-corrected chi connectivity index (χ4v) is 5.03. The summed E-state index contributed by atoms with van der Waals surface area (Å²) < 4.78 is 1.91. The Hall–Kier alpha value is -1.17. The van der Waals surface area contributed by atoms with Gasteiger partial charge in [-0.05, 0) is 31.9 Å². The van der Waals surface area contributed by atoms with Crippen LogP contribution in [0.5, 0.6) is 0 Å². The Balaban J connectivity index is 1.40. The molecule has 0 N–H and O–H groups in total. The molecule has 4 heterocycles. The Morgan fingerprint density at radius 3 is 2.45 bits per heavy atom. The van der Waals surface area contributed by atoms with Gasteiger partial charge in [0.15, 0.2) is 0 Å². The van der Waals surface area contributed by atoms with Crippen molar-refractivity contribution in [1.29, 1.82) is 0 Å². The predicted octanol–water partition coefficient (Wildman–Crippen LogP) is 2.64. The van der Waals surface area contributed by atoms with E-state index in [4.69, 9.17) is 0 Å². The highest BCUT2D eigenvalue weighted by Crippen LogP contribution is 2.34. The van der Waals surface area contributed by atoms with Crippen molar-refractivity contribution in [3.63, 3.8) is 0 Å². The molecule has 2 saturated heterocycles. The second-order valence-electron chi connectivity index (χ2n) is 6.69. The van der Waals surface area contributed by atoms with Crippen LogP contribution in [0.3, 0.4) is 0 Å². The maximum atomic E-state index is 4.30. The first-order valence-electron chi connectivity index (χ1n) is 8.20. The maximum absolute atomic E-state index is 4.30. The molecule has 0 saturated carbocycles. The highest BCUT2D eigenvalue weighted by Gasteiger charge is 2.42. The Kier molecular flexibility index (Phi) is 3.80. The van der Waals surface area contributed by atoms with Crippen molar-refractivity contribution < 1.29 is 0 Å². The fraction of sp³-hybridized carbons (Fsp3) is 0.588. The number of likely N-dealkylation sites (tertiary alicyclic amines) is 2. The molecule has 2 aromatic rings. The van der Waals surface area contributed by atoms with Crippen molar-refractivity contribution in [2.24, 2.45) is 7.05 Å². The molecular weight excluding hydrogens is 292 g/mol. The van der Waals surface area contributed by atoms with Crippen molar-refractivity contribution in [3.8, 4) is 0 Å². The number of hydrogen-bond acceptors (Lipinski definition) is 4. The molecular formula is C17H24N4S. The van der Waals surface area contributed by atoms with E-state index >= 15 is 0 Å². The molecule has 0 spiro atoms. The van der Waals surface area contributed by atoms with Crippen LogP contribution in [0.1, 0.15) is 28.2 Å². The average molecular weight is 316 g/mol. The lowest BCUT2D eigenvalue weighted by atomic mass is 10.1. The summed E-state index contributed by atoms with van der Waals surface area (Å²) in [5, 5.41) is 4.30. The van der Waals surface area contributed by atoms with Gasteiger partial charge in [0.05, 0.1) is 6.20 Å². The third-order valence-corrected chi connectivity index (χ3v) is 6.09. The highest BCUT2D eigenvalue weighted by atomic mass is 32.1. The van der Waals surface area contributed by atoms with Gasteiger partial charge in [-0.15, -0.1) is 11.3 Å². The summed E-state index contributed by atoms with van der Waals surface area (Å²) in [7, 11) is 2.00. The van der Waals surface area contributed by atoms with Crippen LogP contribution in [0.15, 0.2) is 24.5 Å². The van der Waals surface area contributed by atoms with Crippen LogP contribution in [-0.2, 0) is 20.1 Å². The van der Waals surface area contributed by atoms with E-state index in [1.807, 2.05) is 29.3 Å². The molecule has 2 atom stereocenters. The van der Waals surface area contributed by atoms with E-state index < -0.39 is 0 Å². The molecule has 118 valence electrons. The molecule has 0 unspecified atom stereocenters. The number of fused-ring (bicyclic) bond motifs is 1. The van der Waals surface area contributed by atoms with Crippen LogP contribution in [0.25, 0.3) is 0 Å². The van der Waals surface area contributed by atoms with Crippen LogP contribution >= 0.6 is 11.3 Å². The first-order chi connectivity index (χ1) is 10.7. The zero-order chi connectivity index (χ0) is 15.1. The van der Waals surface area contributed by atoms with E-state index in [0.29, 0.717) is 0 Å². The number of hydrogen-bond donors (Lipinski definition) is 0. The summed E-state index contributed by atoms with van der Waals surface area (Å²) in [6, 6.07) is 6.03. The molecule has 5 heteroatoms. The zero-order valence-corrected chi connectivity index (χ0v) is 14.2. The lowest BCUT2D eigenvalue weighted by Crippen LogP contribution is -2.35. The summed E-state index contributed by atoms with van der Waals surface area (Å²) >= 11 is 1.95. The first-order valence-corrected chi connectivity index (χ1v) is 9.01. The van der Waals surface area contributed by atoms with E-state index in [1.165, 1.54) is 41.2 Å². The standard InChI is InChI=1S/C17H24N4S/c1-13-3-4-15(22-13)12-21-8-6-16-17(21)5-7-20(16)11-14-9-18-19(2)10-14/h3-4,9-10,16-17H,5-8,11-12H2,1-2H3/t16-,17+/m0/s1. The summed E-state index contributed by atoms with van der Waals surface area (Å²) in [6.07, 6.45) is 6.79. The molecule has 2 aliphatic heterocycles. The second-order valence-corrected chi connectivity index (χ2v) is 8.06. The lowest BCUT2D eigenvalue weighted by molar-refractivity contribution is 0.213. The Morgan fingerprint density at radius 2 is 1.86 bits per heavy atom. The van der Waals surface area contributed by atoms with Crippen molar-refractivity contribution >= 4 is 11.3 Å². The molecule has 0 aromatic carbocycles. The van der Waals surface area contributed by atoms with Crippen molar-refractivity contribution in [2.45, 2.75) is 44.9 Å². The molecule has 4 rings (SSSR count). The van der Waals surface area contributed by atoms with Crippen molar-refractivity contribution in [2.75, 3.05) is 13.1 Å². The zero-order valence-electron chi connectivity index (χ0n) is 13.4. The summed E-state index contributed by atoms with van der Waals surface area (Å²) in [4.78, 5) is 8.32. The minimum absolute atomic E-state index is 0.737. The van der Waals surface area contributed by atoms with Gasteiger partial charge in [-0.3, -0.25) is 14.5 Å². The minimum atomic E-state index is 0.737. The van der Waals surface area contributed by atoms with Crippen molar-refractivity contribution in [3.05, 3.63) is 39.8 Å². The predicted molar refractivity (Wildman–Crippen MR) is 89.9 cm³/mol. The molecule has 2 fully saturated rings. The Bertz CT molecular complexity index is 590. The summed E-state index contributed by atoms with van der Waals surface area (Å²) in [5.41, 5.74) is 1.34. The summed E-state index contributed by atoms with van der Waals surface area (Å²) in [5.74, 6) is 0. The van der Waals surface area contributed by atoms with E-state index in [1.54, 1.807) is 0 Å². The minimum Gasteiger partial charge on any atom is -0.294 e. The van der Waals surface area contributed by atoms with Gasteiger partial charge in [-0.1, -0.05) is 0 Å². The monoisotopic (exact) mass is 316 g/mol. The van der Waals surface area contributed by atoms with E-state index in [0.717, 1.165) is 25.2 Å². The first kappa shape index (κ1) is 14.4. The molecule has 0 bridgehead atoms. The third kappa shape index (κ3) is 2.73. The molecule has 2 aromatic heterocycles. The van der Waals surface area contributed by atoms with Gasteiger partial charge in [-0.2, -0.15) is 5.10 Å². The molecule has 2 aliphatic rings. The van der Waals surface area contributed by atoms with Gasteiger partial charge >= 0.3 is 0 Å². The van der Waals surface area contributed by atoms with E-state index in [2.05, 4.69) is 40.2 Å². The van der Waals surface area contributed by atoms with Crippen LogP contribution in [0.2, 0.25) is 0 Å². The Labute approximate surface area is 136 Å². The quantitative estimate of drug-likeness (QED) is 0.867. The number of aromatic nitrogens is 2.